The Morgan fingerprint density at radius 3 is 2.27 bits per heavy atom. The Morgan fingerprint density at radius 1 is 1.00 bits per heavy atom. The summed E-state index contributed by atoms with van der Waals surface area (Å²) in [6.07, 6.45) is 0.987. The first-order chi connectivity index (χ1) is 10.7. The number of fused-ring (bicyclic) bond motifs is 1. The first-order valence-corrected chi connectivity index (χ1v) is 7.67. The second-order valence-corrected chi connectivity index (χ2v) is 5.88. The van der Waals surface area contributed by atoms with Crippen LogP contribution in [0.25, 0.3) is 0 Å². The maximum atomic E-state index is 5.47. The Morgan fingerprint density at radius 2 is 1.64 bits per heavy atom. The molecule has 3 nitrogen and oxygen atoms in total. The molecule has 0 saturated heterocycles. The third-order valence-corrected chi connectivity index (χ3v) is 4.80. The van der Waals surface area contributed by atoms with Crippen LogP contribution in [0.1, 0.15) is 35.7 Å². The number of hydrogen-bond donors (Lipinski definition) is 0. The first-order valence-electron chi connectivity index (χ1n) is 7.67. The molecule has 0 N–H and O–H groups in total. The highest BCUT2D eigenvalue weighted by atomic mass is 16.5. The van der Waals surface area contributed by atoms with Crippen LogP contribution in [0.3, 0.4) is 0 Å². The fraction of sp³-hybridized carbons (Fsp3) is 0.368. The van der Waals surface area contributed by atoms with Gasteiger partial charge in [-0.1, -0.05) is 30.3 Å². The summed E-state index contributed by atoms with van der Waals surface area (Å²) in [6.45, 7) is 2.25. The van der Waals surface area contributed by atoms with Crippen LogP contribution in [-0.4, -0.2) is 26.2 Å². The number of likely N-dealkylation sites (N-methyl/N-ethyl adjacent to an activating group) is 1. The van der Waals surface area contributed by atoms with Gasteiger partial charge in [0, 0.05) is 12.1 Å². The number of benzene rings is 2. The van der Waals surface area contributed by atoms with Crippen LogP contribution in [0.4, 0.5) is 0 Å². The zero-order chi connectivity index (χ0) is 15.7. The van der Waals surface area contributed by atoms with Crippen molar-refractivity contribution in [2.24, 2.45) is 0 Å². The van der Waals surface area contributed by atoms with Crippen LogP contribution in [0, 0.1) is 0 Å². The zero-order valence-corrected chi connectivity index (χ0v) is 13.7. The van der Waals surface area contributed by atoms with Crippen molar-refractivity contribution in [3.63, 3.8) is 0 Å². The zero-order valence-electron chi connectivity index (χ0n) is 13.7. The van der Waals surface area contributed by atoms with E-state index in [-0.39, 0.29) is 0 Å². The topological polar surface area (TPSA) is 21.7 Å². The standard InChI is InChI=1S/C19H23NO2/c1-13-16-12-19(22-4)18(21-3)11-15(16)10-17(20(13)2)14-8-6-5-7-9-14/h5-9,11-13,17H,10H2,1-4H3. The van der Waals surface area contributed by atoms with Gasteiger partial charge in [0.25, 0.3) is 0 Å². The Kier molecular flexibility index (Phi) is 4.08. The molecule has 116 valence electrons. The summed E-state index contributed by atoms with van der Waals surface area (Å²) in [5, 5.41) is 0. The SMILES string of the molecule is COc1cc2c(cc1OC)C(C)N(C)C(c1ccccc1)C2. The van der Waals surface area contributed by atoms with Gasteiger partial charge in [-0.2, -0.15) is 0 Å². The lowest BCUT2D eigenvalue weighted by Crippen LogP contribution is -2.34. The van der Waals surface area contributed by atoms with E-state index in [0.717, 1.165) is 17.9 Å². The van der Waals surface area contributed by atoms with Gasteiger partial charge < -0.3 is 9.47 Å². The van der Waals surface area contributed by atoms with E-state index in [0.29, 0.717) is 12.1 Å². The van der Waals surface area contributed by atoms with Gasteiger partial charge in [0.2, 0.25) is 0 Å². The van der Waals surface area contributed by atoms with E-state index >= 15 is 0 Å². The summed E-state index contributed by atoms with van der Waals surface area (Å²) in [6, 6.07) is 15.7. The number of ether oxygens (including phenoxy) is 2. The summed E-state index contributed by atoms with van der Waals surface area (Å²) in [5.41, 5.74) is 4.03. The maximum absolute atomic E-state index is 5.47. The number of hydrogen-bond acceptors (Lipinski definition) is 3. The van der Waals surface area contributed by atoms with E-state index in [4.69, 9.17) is 9.47 Å². The Balaban J connectivity index is 2.04. The van der Waals surface area contributed by atoms with E-state index < -0.39 is 0 Å². The van der Waals surface area contributed by atoms with Gasteiger partial charge in [-0.15, -0.1) is 0 Å². The van der Waals surface area contributed by atoms with Crippen molar-refractivity contribution in [2.45, 2.75) is 25.4 Å². The molecular weight excluding hydrogens is 274 g/mol. The fourth-order valence-corrected chi connectivity index (χ4v) is 3.37. The van der Waals surface area contributed by atoms with Gasteiger partial charge in [0.15, 0.2) is 11.5 Å². The number of rotatable bonds is 3. The molecule has 1 heterocycles. The van der Waals surface area contributed by atoms with Gasteiger partial charge in [-0.3, -0.25) is 4.90 Å². The fourth-order valence-electron chi connectivity index (χ4n) is 3.37. The average molecular weight is 297 g/mol. The van der Waals surface area contributed by atoms with E-state index in [9.17, 15) is 0 Å². The van der Waals surface area contributed by atoms with Crippen LogP contribution in [0.5, 0.6) is 11.5 Å². The van der Waals surface area contributed by atoms with Crippen LogP contribution >= 0.6 is 0 Å². The lowest BCUT2D eigenvalue weighted by molar-refractivity contribution is 0.166. The summed E-state index contributed by atoms with van der Waals surface area (Å²) < 4.78 is 10.9. The van der Waals surface area contributed by atoms with Crippen molar-refractivity contribution in [1.29, 1.82) is 0 Å². The highest BCUT2D eigenvalue weighted by molar-refractivity contribution is 5.50. The van der Waals surface area contributed by atoms with Crippen LogP contribution < -0.4 is 9.47 Å². The summed E-state index contributed by atoms with van der Waals surface area (Å²) in [7, 11) is 5.58. The van der Waals surface area contributed by atoms with E-state index in [1.165, 1.54) is 16.7 Å². The molecule has 3 rings (SSSR count). The molecule has 0 fully saturated rings. The predicted octanol–water partition coefficient (Wildman–Crippen LogP) is 3.99. The molecule has 0 aromatic heterocycles. The molecule has 0 saturated carbocycles. The summed E-state index contributed by atoms with van der Waals surface area (Å²) in [5.74, 6) is 1.62. The van der Waals surface area contributed by atoms with Gasteiger partial charge in [-0.25, -0.2) is 0 Å². The number of methoxy groups -OCH3 is 2. The van der Waals surface area contributed by atoms with E-state index in [1.807, 2.05) is 0 Å². The van der Waals surface area contributed by atoms with Gasteiger partial charge in [-0.05, 0) is 49.2 Å². The van der Waals surface area contributed by atoms with Crippen molar-refractivity contribution < 1.29 is 9.47 Å². The Hall–Kier alpha value is -2.00. The first kappa shape index (κ1) is 14.9. The monoisotopic (exact) mass is 297 g/mol. The minimum Gasteiger partial charge on any atom is -0.493 e. The molecule has 2 unspecified atom stereocenters. The molecule has 0 aliphatic carbocycles. The molecule has 0 amide bonds. The Labute approximate surface area is 132 Å². The molecule has 0 radical (unpaired) electrons. The molecular formula is C19H23NO2. The summed E-state index contributed by atoms with van der Waals surface area (Å²) in [4.78, 5) is 2.43. The lowest BCUT2D eigenvalue weighted by atomic mass is 9.86. The molecule has 2 aromatic rings. The summed E-state index contributed by atoms with van der Waals surface area (Å²) >= 11 is 0. The number of nitrogens with zero attached hydrogens (tertiary/aromatic N) is 1. The van der Waals surface area contributed by atoms with Crippen LogP contribution in [0.2, 0.25) is 0 Å². The normalized spacial score (nSPS) is 21.3. The molecule has 1 aliphatic heterocycles. The second kappa shape index (κ2) is 6.01. The minimum absolute atomic E-state index is 0.341. The highest BCUT2D eigenvalue weighted by Crippen LogP contribution is 2.43. The van der Waals surface area contributed by atoms with Gasteiger partial charge >= 0.3 is 0 Å². The third-order valence-electron chi connectivity index (χ3n) is 4.80. The molecule has 0 spiro atoms. The molecule has 2 aromatic carbocycles. The van der Waals surface area contributed by atoms with Crippen molar-refractivity contribution in [2.75, 3.05) is 21.3 Å². The molecule has 2 atom stereocenters. The highest BCUT2D eigenvalue weighted by Gasteiger charge is 2.31. The minimum atomic E-state index is 0.341. The van der Waals surface area contributed by atoms with Gasteiger partial charge in [0.05, 0.1) is 14.2 Å². The van der Waals surface area contributed by atoms with Crippen LogP contribution in [-0.2, 0) is 6.42 Å². The molecule has 3 heteroatoms. The van der Waals surface area contributed by atoms with Crippen molar-refractivity contribution in [1.82, 2.24) is 4.90 Å². The average Bonchev–Trinajstić information content (AvgIpc) is 2.57. The lowest BCUT2D eigenvalue weighted by Gasteiger charge is -2.40. The van der Waals surface area contributed by atoms with E-state index in [2.05, 4.69) is 61.3 Å². The maximum Gasteiger partial charge on any atom is 0.161 e. The quantitative estimate of drug-likeness (QED) is 0.855. The van der Waals surface area contributed by atoms with Crippen LogP contribution in [0.15, 0.2) is 42.5 Å². The van der Waals surface area contributed by atoms with Crippen molar-refractivity contribution in [3.8, 4) is 11.5 Å². The third kappa shape index (κ3) is 2.46. The largest absolute Gasteiger partial charge is 0.493 e. The molecule has 22 heavy (non-hydrogen) atoms. The van der Waals surface area contributed by atoms with Gasteiger partial charge in [0.1, 0.15) is 0 Å². The smallest absolute Gasteiger partial charge is 0.161 e. The van der Waals surface area contributed by atoms with E-state index in [1.54, 1.807) is 14.2 Å². The molecule has 0 bridgehead atoms. The predicted molar refractivity (Wildman–Crippen MR) is 88.6 cm³/mol. The second-order valence-electron chi connectivity index (χ2n) is 5.88. The van der Waals surface area contributed by atoms with Crippen molar-refractivity contribution >= 4 is 0 Å². The van der Waals surface area contributed by atoms with Crippen molar-refractivity contribution in [3.05, 3.63) is 59.2 Å². The Bertz CT molecular complexity index is 654. The molecule has 1 aliphatic rings.